The SMILES string of the molecule is CCN(C(=O)CNCCC1CC1)C1CC1. The Kier molecular flexibility index (Phi) is 3.62. The number of hydrogen-bond donors (Lipinski definition) is 1. The van der Waals surface area contributed by atoms with Crippen LogP contribution in [0.15, 0.2) is 0 Å². The molecule has 86 valence electrons. The summed E-state index contributed by atoms with van der Waals surface area (Å²) >= 11 is 0. The number of nitrogens with zero attached hydrogens (tertiary/aromatic N) is 1. The molecule has 0 saturated heterocycles. The van der Waals surface area contributed by atoms with Gasteiger partial charge in [-0.1, -0.05) is 12.8 Å². The molecule has 0 aromatic heterocycles. The molecule has 0 aromatic carbocycles. The summed E-state index contributed by atoms with van der Waals surface area (Å²) in [7, 11) is 0. The van der Waals surface area contributed by atoms with Crippen molar-refractivity contribution in [2.45, 2.75) is 45.1 Å². The summed E-state index contributed by atoms with van der Waals surface area (Å²) in [5.74, 6) is 1.24. The highest BCUT2D eigenvalue weighted by atomic mass is 16.2. The lowest BCUT2D eigenvalue weighted by Gasteiger charge is -2.20. The van der Waals surface area contributed by atoms with E-state index in [2.05, 4.69) is 12.2 Å². The van der Waals surface area contributed by atoms with Crippen LogP contribution in [0.1, 0.15) is 39.0 Å². The van der Waals surface area contributed by atoms with Crippen molar-refractivity contribution in [2.24, 2.45) is 5.92 Å². The molecule has 0 heterocycles. The van der Waals surface area contributed by atoms with Gasteiger partial charge in [0.15, 0.2) is 0 Å². The third kappa shape index (κ3) is 3.49. The van der Waals surface area contributed by atoms with Crippen molar-refractivity contribution < 1.29 is 4.79 Å². The number of carbonyl (C=O) groups is 1. The summed E-state index contributed by atoms with van der Waals surface area (Å²) in [6.45, 7) is 4.49. The van der Waals surface area contributed by atoms with Gasteiger partial charge in [0.2, 0.25) is 5.91 Å². The Labute approximate surface area is 92.2 Å². The highest BCUT2D eigenvalue weighted by Gasteiger charge is 2.30. The molecule has 0 radical (unpaired) electrons. The van der Waals surface area contributed by atoms with E-state index in [1.165, 1.54) is 32.1 Å². The maximum atomic E-state index is 11.8. The van der Waals surface area contributed by atoms with Gasteiger partial charge in [-0.3, -0.25) is 4.79 Å². The van der Waals surface area contributed by atoms with Gasteiger partial charge in [0.05, 0.1) is 6.54 Å². The van der Waals surface area contributed by atoms with Crippen molar-refractivity contribution in [3.8, 4) is 0 Å². The van der Waals surface area contributed by atoms with Crippen LogP contribution in [-0.4, -0.2) is 36.5 Å². The molecule has 0 atom stereocenters. The lowest BCUT2D eigenvalue weighted by Crippen LogP contribution is -2.39. The van der Waals surface area contributed by atoms with E-state index < -0.39 is 0 Å². The molecule has 1 amide bonds. The molecule has 1 N–H and O–H groups in total. The van der Waals surface area contributed by atoms with Crippen molar-refractivity contribution in [2.75, 3.05) is 19.6 Å². The van der Waals surface area contributed by atoms with Gasteiger partial charge in [0, 0.05) is 12.6 Å². The van der Waals surface area contributed by atoms with E-state index in [0.29, 0.717) is 12.6 Å². The fourth-order valence-corrected chi connectivity index (χ4v) is 2.03. The maximum absolute atomic E-state index is 11.8. The van der Waals surface area contributed by atoms with E-state index in [1.807, 2.05) is 4.90 Å². The van der Waals surface area contributed by atoms with Crippen molar-refractivity contribution in [1.29, 1.82) is 0 Å². The van der Waals surface area contributed by atoms with Crippen molar-refractivity contribution in [3.05, 3.63) is 0 Å². The first-order chi connectivity index (χ1) is 7.31. The molecular weight excluding hydrogens is 188 g/mol. The van der Waals surface area contributed by atoms with Crippen LogP contribution in [0.25, 0.3) is 0 Å². The van der Waals surface area contributed by atoms with Crippen LogP contribution < -0.4 is 5.32 Å². The first kappa shape index (κ1) is 10.9. The van der Waals surface area contributed by atoms with Crippen LogP contribution in [0.5, 0.6) is 0 Å². The third-order valence-electron chi connectivity index (χ3n) is 3.35. The van der Waals surface area contributed by atoms with E-state index in [-0.39, 0.29) is 5.91 Å². The Morgan fingerprint density at radius 1 is 1.33 bits per heavy atom. The van der Waals surface area contributed by atoms with Crippen LogP contribution in [0.4, 0.5) is 0 Å². The molecule has 2 saturated carbocycles. The van der Waals surface area contributed by atoms with E-state index in [9.17, 15) is 4.79 Å². The average Bonchev–Trinajstić information content (AvgIpc) is 3.06. The molecule has 0 aromatic rings. The minimum absolute atomic E-state index is 0.288. The average molecular weight is 210 g/mol. The molecule has 3 heteroatoms. The highest BCUT2D eigenvalue weighted by Crippen LogP contribution is 2.31. The molecule has 2 aliphatic rings. The monoisotopic (exact) mass is 210 g/mol. The van der Waals surface area contributed by atoms with E-state index in [4.69, 9.17) is 0 Å². The summed E-state index contributed by atoms with van der Waals surface area (Å²) in [5, 5.41) is 3.26. The van der Waals surface area contributed by atoms with Crippen LogP contribution >= 0.6 is 0 Å². The van der Waals surface area contributed by atoms with E-state index in [0.717, 1.165) is 19.0 Å². The zero-order valence-corrected chi connectivity index (χ0v) is 9.67. The van der Waals surface area contributed by atoms with Gasteiger partial charge >= 0.3 is 0 Å². The number of rotatable bonds is 7. The van der Waals surface area contributed by atoms with Gasteiger partial charge < -0.3 is 10.2 Å². The minimum atomic E-state index is 0.288. The number of nitrogens with one attached hydrogen (secondary N) is 1. The molecule has 0 spiro atoms. The van der Waals surface area contributed by atoms with Crippen LogP contribution in [0, 0.1) is 5.92 Å². The third-order valence-corrected chi connectivity index (χ3v) is 3.35. The lowest BCUT2D eigenvalue weighted by atomic mass is 10.3. The van der Waals surface area contributed by atoms with Gasteiger partial charge in [-0.15, -0.1) is 0 Å². The molecule has 2 fully saturated rings. The van der Waals surface area contributed by atoms with Crippen molar-refractivity contribution in [1.82, 2.24) is 10.2 Å². The highest BCUT2D eigenvalue weighted by molar-refractivity contribution is 5.78. The normalized spacial score (nSPS) is 20.3. The summed E-state index contributed by atoms with van der Waals surface area (Å²) in [6, 6.07) is 0.563. The smallest absolute Gasteiger partial charge is 0.236 e. The fraction of sp³-hybridized carbons (Fsp3) is 0.917. The topological polar surface area (TPSA) is 32.3 Å². The predicted octanol–water partition coefficient (Wildman–Crippen LogP) is 1.39. The Morgan fingerprint density at radius 2 is 2.07 bits per heavy atom. The number of carbonyl (C=O) groups excluding carboxylic acids is 1. The van der Waals surface area contributed by atoms with E-state index >= 15 is 0 Å². The fourth-order valence-electron chi connectivity index (χ4n) is 2.03. The molecule has 0 aliphatic heterocycles. The standard InChI is InChI=1S/C12H22N2O/c1-2-14(11-5-6-11)12(15)9-13-8-7-10-3-4-10/h10-11,13H,2-9H2,1H3. The zero-order chi connectivity index (χ0) is 10.7. The molecule has 15 heavy (non-hydrogen) atoms. The largest absolute Gasteiger partial charge is 0.339 e. The van der Waals surface area contributed by atoms with Gasteiger partial charge in [-0.25, -0.2) is 0 Å². The molecule has 2 aliphatic carbocycles. The Hall–Kier alpha value is -0.570. The predicted molar refractivity (Wildman–Crippen MR) is 60.6 cm³/mol. The summed E-state index contributed by atoms with van der Waals surface area (Å²) < 4.78 is 0. The Morgan fingerprint density at radius 3 is 2.60 bits per heavy atom. The number of likely N-dealkylation sites (N-methyl/N-ethyl adjacent to an activating group) is 1. The van der Waals surface area contributed by atoms with E-state index in [1.54, 1.807) is 0 Å². The first-order valence-corrected chi connectivity index (χ1v) is 6.31. The summed E-state index contributed by atoms with van der Waals surface area (Å²) in [6.07, 6.45) is 6.48. The molecular formula is C12H22N2O. The second-order valence-corrected chi connectivity index (χ2v) is 4.82. The number of amides is 1. The lowest BCUT2D eigenvalue weighted by molar-refractivity contribution is -0.130. The molecule has 2 rings (SSSR count). The minimum Gasteiger partial charge on any atom is -0.339 e. The van der Waals surface area contributed by atoms with Crippen LogP contribution in [0.2, 0.25) is 0 Å². The van der Waals surface area contributed by atoms with Crippen molar-refractivity contribution in [3.63, 3.8) is 0 Å². The second kappa shape index (κ2) is 4.97. The molecule has 0 bridgehead atoms. The van der Waals surface area contributed by atoms with Gasteiger partial charge in [0.25, 0.3) is 0 Å². The van der Waals surface area contributed by atoms with Crippen LogP contribution in [0.3, 0.4) is 0 Å². The second-order valence-electron chi connectivity index (χ2n) is 4.82. The van der Waals surface area contributed by atoms with Crippen molar-refractivity contribution >= 4 is 5.91 Å². The Balaban J connectivity index is 1.57. The molecule has 0 unspecified atom stereocenters. The van der Waals surface area contributed by atoms with Gasteiger partial charge in [0.1, 0.15) is 0 Å². The summed E-state index contributed by atoms with van der Waals surface area (Å²) in [4.78, 5) is 13.8. The zero-order valence-electron chi connectivity index (χ0n) is 9.67. The van der Waals surface area contributed by atoms with Crippen LogP contribution in [-0.2, 0) is 4.79 Å². The quantitative estimate of drug-likeness (QED) is 0.644. The maximum Gasteiger partial charge on any atom is 0.236 e. The Bertz CT molecular complexity index is 222. The number of hydrogen-bond acceptors (Lipinski definition) is 2. The van der Waals surface area contributed by atoms with Gasteiger partial charge in [-0.05, 0) is 38.6 Å². The first-order valence-electron chi connectivity index (χ1n) is 6.31. The van der Waals surface area contributed by atoms with Gasteiger partial charge in [-0.2, -0.15) is 0 Å². The summed E-state index contributed by atoms with van der Waals surface area (Å²) in [5.41, 5.74) is 0. The molecule has 3 nitrogen and oxygen atoms in total.